The molecule has 0 radical (unpaired) electrons. The van der Waals surface area contributed by atoms with Crippen LogP contribution in [0, 0.1) is 5.92 Å². The predicted molar refractivity (Wildman–Crippen MR) is 128 cm³/mol. The van der Waals surface area contributed by atoms with Gasteiger partial charge in [0.25, 0.3) is 0 Å². The van der Waals surface area contributed by atoms with E-state index in [0.717, 1.165) is 23.2 Å². The minimum Gasteiger partial charge on any atom is -0.493 e. The van der Waals surface area contributed by atoms with Gasteiger partial charge in [0.2, 0.25) is 15.8 Å². The van der Waals surface area contributed by atoms with E-state index >= 15 is 0 Å². The first-order valence-electron chi connectivity index (χ1n) is 11.4. The van der Waals surface area contributed by atoms with Crippen molar-refractivity contribution in [2.24, 2.45) is 5.92 Å². The minimum absolute atomic E-state index is 0.00269. The molecule has 5 rings (SSSR count). The molecule has 182 valence electrons. The summed E-state index contributed by atoms with van der Waals surface area (Å²) in [5.41, 5.74) is 2.98. The minimum atomic E-state index is -3.56. The summed E-state index contributed by atoms with van der Waals surface area (Å²) in [5.74, 6) is 2.12. The number of benzene rings is 2. The molecule has 34 heavy (non-hydrogen) atoms. The predicted octanol–water partition coefficient (Wildman–Crippen LogP) is 3.56. The van der Waals surface area contributed by atoms with Crippen molar-refractivity contribution in [1.29, 1.82) is 0 Å². The second-order valence-electron chi connectivity index (χ2n) is 8.70. The van der Waals surface area contributed by atoms with Crippen molar-refractivity contribution in [2.75, 3.05) is 52.9 Å². The lowest BCUT2D eigenvalue weighted by Gasteiger charge is -2.38. The summed E-state index contributed by atoms with van der Waals surface area (Å²) in [6, 6.07) is 9.39. The molecule has 0 amide bonds. The number of methoxy groups -OCH3 is 3. The molecule has 1 N–H and O–H groups in total. The highest BCUT2D eigenvalue weighted by Gasteiger charge is 2.39. The number of sulfonamides is 1. The van der Waals surface area contributed by atoms with Gasteiger partial charge in [0.15, 0.2) is 11.5 Å². The van der Waals surface area contributed by atoms with Crippen LogP contribution in [0.15, 0.2) is 47.4 Å². The van der Waals surface area contributed by atoms with Gasteiger partial charge in [0.05, 0.1) is 45.5 Å². The van der Waals surface area contributed by atoms with Gasteiger partial charge >= 0.3 is 0 Å². The zero-order chi connectivity index (χ0) is 23.9. The Bertz CT molecular complexity index is 1180. The second-order valence-corrected chi connectivity index (χ2v) is 10.6. The van der Waals surface area contributed by atoms with Crippen LogP contribution >= 0.6 is 0 Å². The Kier molecular flexibility index (Phi) is 6.18. The molecular formula is C25H30N2O6S. The topological polar surface area (TPSA) is 86.3 Å². The zero-order valence-electron chi connectivity index (χ0n) is 19.6. The Hall–Kier alpha value is -2.75. The molecule has 0 spiro atoms. The van der Waals surface area contributed by atoms with Gasteiger partial charge in [-0.25, -0.2) is 8.42 Å². The molecule has 1 fully saturated rings. The number of nitrogens with zero attached hydrogens (tertiary/aromatic N) is 1. The quantitative estimate of drug-likeness (QED) is 0.625. The summed E-state index contributed by atoms with van der Waals surface area (Å²) in [4.78, 5) is 0.334. The van der Waals surface area contributed by atoms with Crippen LogP contribution in [0.2, 0.25) is 0 Å². The number of hydrogen-bond donors (Lipinski definition) is 1. The molecule has 0 saturated carbocycles. The Morgan fingerprint density at radius 3 is 2.35 bits per heavy atom. The molecule has 2 aliphatic heterocycles. The van der Waals surface area contributed by atoms with Crippen molar-refractivity contribution in [3.8, 4) is 17.2 Å². The van der Waals surface area contributed by atoms with E-state index in [-0.39, 0.29) is 17.9 Å². The van der Waals surface area contributed by atoms with E-state index in [1.165, 1.54) is 4.31 Å². The van der Waals surface area contributed by atoms with Crippen LogP contribution in [-0.4, -0.2) is 60.4 Å². The van der Waals surface area contributed by atoms with Crippen molar-refractivity contribution in [3.05, 3.63) is 53.6 Å². The molecule has 1 saturated heterocycles. The standard InChI is InChI=1S/C25H30N2O6S/c1-30-22-13-16(14-23(31-2)25(22)32-3)24-19-6-4-5-18(19)20-15-17(7-8-21(20)26-24)34(28,29)27-9-11-33-12-10-27/h4-5,7-8,13-15,18-19,24,26H,6,9-12H2,1-3H3. The van der Waals surface area contributed by atoms with Gasteiger partial charge < -0.3 is 24.3 Å². The fraction of sp³-hybridized carbons (Fsp3) is 0.440. The lowest BCUT2D eigenvalue weighted by molar-refractivity contribution is 0.0730. The van der Waals surface area contributed by atoms with Crippen LogP contribution in [0.25, 0.3) is 0 Å². The Balaban J connectivity index is 1.52. The van der Waals surface area contributed by atoms with Crippen LogP contribution in [0.5, 0.6) is 17.2 Å². The molecule has 2 aromatic rings. The Morgan fingerprint density at radius 2 is 1.71 bits per heavy atom. The van der Waals surface area contributed by atoms with Gasteiger partial charge in [-0.3, -0.25) is 0 Å². The van der Waals surface area contributed by atoms with Crippen LogP contribution in [0.4, 0.5) is 5.69 Å². The highest BCUT2D eigenvalue weighted by atomic mass is 32.2. The number of anilines is 1. The molecule has 2 heterocycles. The number of rotatable bonds is 6. The maximum absolute atomic E-state index is 13.2. The monoisotopic (exact) mass is 486 g/mol. The van der Waals surface area contributed by atoms with Gasteiger partial charge in [-0.1, -0.05) is 12.2 Å². The van der Waals surface area contributed by atoms with E-state index in [2.05, 4.69) is 17.5 Å². The average Bonchev–Trinajstić information content (AvgIpc) is 3.38. The van der Waals surface area contributed by atoms with E-state index in [4.69, 9.17) is 18.9 Å². The van der Waals surface area contributed by atoms with E-state index in [0.29, 0.717) is 48.4 Å². The van der Waals surface area contributed by atoms with Crippen molar-refractivity contribution in [2.45, 2.75) is 23.3 Å². The fourth-order valence-electron chi connectivity index (χ4n) is 5.28. The van der Waals surface area contributed by atoms with Crippen molar-refractivity contribution in [1.82, 2.24) is 4.31 Å². The fourth-order valence-corrected chi connectivity index (χ4v) is 6.72. The molecule has 2 aromatic carbocycles. The van der Waals surface area contributed by atoms with E-state index < -0.39 is 10.0 Å². The average molecular weight is 487 g/mol. The third-order valence-electron chi connectivity index (χ3n) is 6.99. The normalized spacial score (nSPS) is 24.1. The maximum Gasteiger partial charge on any atom is 0.243 e. The second kappa shape index (κ2) is 9.13. The highest BCUT2D eigenvalue weighted by molar-refractivity contribution is 7.89. The molecule has 3 unspecified atom stereocenters. The molecule has 3 aliphatic rings. The van der Waals surface area contributed by atoms with Gasteiger partial charge in [-0.05, 0) is 53.8 Å². The highest BCUT2D eigenvalue weighted by Crippen LogP contribution is 2.52. The van der Waals surface area contributed by atoms with E-state index in [9.17, 15) is 8.42 Å². The lowest BCUT2D eigenvalue weighted by atomic mass is 9.77. The largest absolute Gasteiger partial charge is 0.493 e. The first kappa shape index (κ1) is 23.0. The van der Waals surface area contributed by atoms with Gasteiger partial charge in [0, 0.05) is 24.7 Å². The molecule has 0 aromatic heterocycles. The number of morpholine rings is 1. The van der Waals surface area contributed by atoms with Crippen LogP contribution < -0.4 is 19.5 Å². The molecule has 3 atom stereocenters. The molecule has 1 aliphatic carbocycles. The van der Waals surface area contributed by atoms with Gasteiger partial charge in [-0.2, -0.15) is 4.31 Å². The Morgan fingerprint density at radius 1 is 1.00 bits per heavy atom. The van der Waals surface area contributed by atoms with Gasteiger partial charge in [0.1, 0.15) is 0 Å². The molecule has 9 heteroatoms. The lowest BCUT2D eigenvalue weighted by Crippen LogP contribution is -2.40. The summed E-state index contributed by atoms with van der Waals surface area (Å²) in [6.45, 7) is 1.62. The summed E-state index contributed by atoms with van der Waals surface area (Å²) in [6.07, 6.45) is 5.26. The van der Waals surface area contributed by atoms with Crippen molar-refractivity contribution in [3.63, 3.8) is 0 Å². The summed E-state index contributed by atoms with van der Waals surface area (Å²) >= 11 is 0. The number of hydrogen-bond acceptors (Lipinski definition) is 7. The van der Waals surface area contributed by atoms with E-state index in [1.807, 2.05) is 24.3 Å². The number of ether oxygens (including phenoxy) is 4. The van der Waals surface area contributed by atoms with Crippen molar-refractivity contribution < 1.29 is 27.4 Å². The SMILES string of the molecule is COc1cc(C2Nc3ccc(S(=O)(=O)N4CCOCC4)cc3C3C=CCC32)cc(OC)c1OC. The molecule has 0 bridgehead atoms. The van der Waals surface area contributed by atoms with Crippen LogP contribution in [0.3, 0.4) is 0 Å². The number of nitrogens with one attached hydrogen (secondary N) is 1. The van der Waals surface area contributed by atoms with Crippen molar-refractivity contribution >= 4 is 15.7 Å². The smallest absolute Gasteiger partial charge is 0.243 e. The molecule has 8 nitrogen and oxygen atoms in total. The Labute approximate surface area is 200 Å². The van der Waals surface area contributed by atoms with Crippen LogP contribution in [-0.2, 0) is 14.8 Å². The summed E-state index contributed by atoms with van der Waals surface area (Å²) < 4.78 is 50.0. The summed E-state index contributed by atoms with van der Waals surface area (Å²) in [7, 11) is 1.26. The number of allylic oxidation sites excluding steroid dienone is 2. The third-order valence-corrected chi connectivity index (χ3v) is 8.88. The first-order chi connectivity index (χ1) is 16.5. The maximum atomic E-state index is 13.2. The first-order valence-corrected chi connectivity index (χ1v) is 12.9. The number of fused-ring (bicyclic) bond motifs is 3. The molecular weight excluding hydrogens is 456 g/mol. The van der Waals surface area contributed by atoms with Gasteiger partial charge in [-0.15, -0.1) is 0 Å². The van der Waals surface area contributed by atoms with Crippen LogP contribution in [0.1, 0.15) is 29.5 Å². The van der Waals surface area contributed by atoms with E-state index in [1.54, 1.807) is 27.4 Å². The zero-order valence-corrected chi connectivity index (χ0v) is 20.4. The third kappa shape index (κ3) is 3.81. The summed E-state index contributed by atoms with van der Waals surface area (Å²) in [5, 5.41) is 3.66.